The molecule has 2 heteroatoms. The van der Waals surface area contributed by atoms with Crippen LogP contribution in [0, 0.1) is 0 Å². The number of nitrogens with two attached hydrogens (primary N) is 1. The molecule has 0 unspecified atom stereocenters. The highest BCUT2D eigenvalue weighted by Crippen LogP contribution is 2.12. The average molecular weight is 143 g/mol. The Morgan fingerprint density at radius 2 is 1.40 bits per heavy atom. The summed E-state index contributed by atoms with van der Waals surface area (Å²) in [5.41, 5.74) is 4.50. The molecule has 0 aromatic heterocycles. The SMILES string of the molecule is CN.O=C1CCCCCC1. The molecule has 0 bridgehead atoms. The standard InChI is InChI=1S/C7H12O.CH5N/c8-7-5-3-1-2-4-6-7;1-2/h1-6H2;2H2,1H3. The van der Waals surface area contributed by atoms with E-state index in [-0.39, 0.29) is 0 Å². The molecule has 0 aliphatic heterocycles. The summed E-state index contributed by atoms with van der Waals surface area (Å²) in [6.07, 6.45) is 6.51. The zero-order valence-electron chi connectivity index (χ0n) is 6.73. The molecule has 0 amide bonds. The second kappa shape index (κ2) is 6.75. The maximum absolute atomic E-state index is 10.7. The van der Waals surface area contributed by atoms with E-state index >= 15 is 0 Å². The first-order chi connectivity index (χ1) is 4.89. The van der Waals surface area contributed by atoms with Gasteiger partial charge in [-0.2, -0.15) is 0 Å². The van der Waals surface area contributed by atoms with E-state index in [1.165, 1.54) is 19.9 Å². The minimum atomic E-state index is 0.475. The van der Waals surface area contributed by atoms with Gasteiger partial charge in [-0.1, -0.05) is 12.8 Å². The fourth-order valence-electron chi connectivity index (χ4n) is 1.12. The van der Waals surface area contributed by atoms with Crippen LogP contribution in [0.15, 0.2) is 0 Å². The Bertz CT molecular complexity index is 81.3. The van der Waals surface area contributed by atoms with Crippen molar-refractivity contribution in [1.29, 1.82) is 0 Å². The number of Topliss-reactive ketones (excluding diaryl/α,β-unsaturated/α-hetero) is 1. The van der Waals surface area contributed by atoms with Crippen molar-refractivity contribution in [1.82, 2.24) is 0 Å². The number of carbonyl (C=O) groups excluding carboxylic acids is 1. The molecule has 0 saturated heterocycles. The molecule has 1 saturated carbocycles. The monoisotopic (exact) mass is 143 g/mol. The van der Waals surface area contributed by atoms with Crippen molar-refractivity contribution in [2.75, 3.05) is 7.05 Å². The topological polar surface area (TPSA) is 43.1 Å². The normalized spacial score (nSPS) is 18.8. The van der Waals surface area contributed by atoms with E-state index in [1.807, 2.05) is 0 Å². The maximum atomic E-state index is 10.7. The van der Waals surface area contributed by atoms with Crippen LogP contribution in [0.3, 0.4) is 0 Å². The first-order valence-electron chi connectivity index (χ1n) is 3.99. The Morgan fingerprint density at radius 1 is 1.00 bits per heavy atom. The van der Waals surface area contributed by atoms with Crippen LogP contribution in [-0.4, -0.2) is 12.8 Å². The highest BCUT2D eigenvalue weighted by molar-refractivity contribution is 5.78. The molecule has 2 nitrogen and oxygen atoms in total. The summed E-state index contributed by atoms with van der Waals surface area (Å²) in [4.78, 5) is 10.7. The van der Waals surface area contributed by atoms with Crippen LogP contribution in [0.5, 0.6) is 0 Å². The molecular weight excluding hydrogens is 126 g/mol. The van der Waals surface area contributed by atoms with E-state index < -0.39 is 0 Å². The highest BCUT2D eigenvalue weighted by atomic mass is 16.1. The Hall–Kier alpha value is -0.370. The number of hydrogen-bond donors (Lipinski definition) is 1. The number of hydrogen-bond acceptors (Lipinski definition) is 2. The lowest BCUT2D eigenvalue weighted by molar-refractivity contribution is -0.118. The average Bonchev–Trinajstić information content (AvgIpc) is 2.21. The smallest absolute Gasteiger partial charge is 0.132 e. The van der Waals surface area contributed by atoms with E-state index in [0.717, 1.165) is 25.7 Å². The van der Waals surface area contributed by atoms with Crippen LogP contribution in [0.25, 0.3) is 0 Å². The number of carbonyl (C=O) groups is 1. The Morgan fingerprint density at radius 3 is 1.80 bits per heavy atom. The third kappa shape index (κ3) is 4.50. The van der Waals surface area contributed by atoms with Gasteiger partial charge in [0.15, 0.2) is 0 Å². The Balaban J connectivity index is 0.000000371. The van der Waals surface area contributed by atoms with Gasteiger partial charge in [-0.05, 0) is 19.9 Å². The summed E-state index contributed by atoms with van der Waals surface area (Å²) >= 11 is 0. The molecule has 0 aromatic rings. The second-order valence-corrected chi connectivity index (χ2v) is 2.45. The van der Waals surface area contributed by atoms with Crippen LogP contribution in [-0.2, 0) is 4.79 Å². The number of ketones is 1. The predicted octanol–water partition coefficient (Wildman–Crippen LogP) is 1.48. The molecule has 0 atom stereocenters. The molecule has 0 aromatic carbocycles. The fraction of sp³-hybridized carbons (Fsp3) is 0.875. The third-order valence-corrected chi connectivity index (χ3v) is 1.66. The van der Waals surface area contributed by atoms with Crippen LogP contribution < -0.4 is 5.73 Å². The quantitative estimate of drug-likeness (QED) is 0.522. The van der Waals surface area contributed by atoms with Gasteiger partial charge in [0.1, 0.15) is 5.78 Å². The molecule has 2 N–H and O–H groups in total. The van der Waals surface area contributed by atoms with Crippen molar-refractivity contribution < 1.29 is 4.79 Å². The van der Waals surface area contributed by atoms with E-state index in [0.29, 0.717) is 5.78 Å². The van der Waals surface area contributed by atoms with Crippen LogP contribution in [0.1, 0.15) is 38.5 Å². The van der Waals surface area contributed by atoms with Crippen molar-refractivity contribution in [3.63, 3.8) is 0 Å². The van der Waals surface area contributed by atoms with Crippen molar-refractivity contribution >= 4 is 5.78 Å². The molecule has 0 radical (unpaired) electrons. The largest absolute Gasteiger partial charge is 0.333 e. The zero-order valence-corrected chi connectivity index (χ0v) is 6.73. The summed E-state index contributed by atoms with van der Waals surface area (Å²) in [5, 5.41) is 0. The molecule has 1 rings (SSSR count). The first kappa shape index (κ1) is 9.63. The van der Waals surface area contributed by atoms with E-state index in [4.69, 9.17) is 0 Å². The van der Waals surface area contributed by atoms with Crippen LogP contribution in [0.4, 0.5) is 0 Å². The third-order valence-electron chi connectivity index (χ3n) is 1.66. The Kier molecular flexibility index (Phi) is 6.50. The molecule has 0 spiro atoms. The highest BCUT2D eigenvalue weighted by Gasteiger charge is 2.04. The Labute approximate surface area is 62.8 Å². The predicted molar refractivity (Wildman–Crippen MR) is 42.8 cm³/mol. The van der Waals surface area contributed by atoms with Crippen molar-refractivity contribution in [3.05, 3.63) is 0 Å². The van der Waals surface area contributed by atoms with Crippen LogP contribution >= 0.6 is 0 Å². The van der Waals surface area contributed by atoms with E-state index in [2.05, 4.69) is 5.73 Å². The fourth-order valence-corrected chi connectivity index (χ4v) is 1.12. The van der Waals surface area contributed by atoms with Gasteiger partial charge in [0, 0.05) is 12.8 Å². The molecule has 1 fully saturated rings. The van der Waals surface area contributed by atoms with Gasteiger partial charge in [-0.15, -0.1) is 0 Å². The lowest BCUT2D eigenvalue weighted by atomic mass is 10.2. The van der Waals surface area contributed by atoms with E-state index in [1.54, 1.807) is 0 Å². The summed E-state index contributed by atoms with van der Waals surface area (Å²) in [5.74, 6) is 0.475. The van der Waals surface area contributed by atoms with E-state index in [9.17, 15) is 4.79 Å². The zero-order chi connectivity index (χ0) is 7.82. The van der Waals surface area contributed by atoms with Gasteiger partial charge < -0.3 is 5.73 Å². The lowest BCUT2D eigenvalue weighted by Crippen LogP contribution is -1.91. The molecule has 1 aliphatic rings. The summed E-state index contributed by atoms with van der Waals surface area (Å²) in [6, 6.07) is 0. The molecule has 0 heterocycles. The van der Waals surface area contributed by atoms with Crippen molar-refractivity contribution in [3.8, 4) is 0 Å². The molecular formula is C8H17NO. The van der Waals surface area contributed by atoms with Crippen molar-refractivity contribution in [2.45, 2.75) is 38.5 Å². The van der Waals surface area contributed by atoms with Gasteiger partial charge in [-0.25, -0.2) is 0 Å². The minimum absolute atomic E-state index is 0.475. The second-order valence-electron chi connectivity index (χ2n) is 2.45. The lowest BCUT2D eigenvalue weighted by Gasteiger charge is -1.87. The van der Waals surface area contributed by atoms with Gasteiger partial charge in [-0.3, -0.25) is 4.79 Å². The maximum Gasteiger partial charge on any atom is 0.132 e. The summed E-state index contributed by atoms with van der Waals surface area (Å²) < 4.78 is 0. The minimum Gasteiger partial charge on any atom is -0.333 e. The van der Waals surface area contributed by atoms with Crippen LogP contribution in [0.2, 0.25) is 0 Å². The first-order valence-corrected chi connectivity index (χ1v) is 3.99. The van der Waals surface area contributed by atoms with Gasteiger partial charge in [0.2, 0.25) is 0 Å². The summed E-state index contributed by atoms with van der Waals surface area (Å²) in [6.45, 7) is 0. The van der Waals surface area contributed by atoms with Gasteiger partial charge in [0.05, 0.1) is 0 Å². The molecule has 60 valence electrons. The van der Waals surface area contributed by atoms with Gasteiger partial charge >= 0.3 is 0 Å². The number of rotatable bonds is 0. The molecule has 1 aliphatic carbocycles. The van der Waals surface area contributed by atoms with Crippen molar-refractivity contribution in [2.24, 2.45) is 5.73 Å². The van der Waals surface area contributed by atoms with Gasteiger partial charge in [0.25, 0.3) is 0 Å². The molecule has 10 heavy (non-hydrogen) atoms. The summed E-state index contributed by atoms with van der Waals surface area (Å²) in [7, 11) is 1.50.